The van der Waals surface area contributed by atoms with E-state index in [0.29, 0.717) is 25.9 Å². The van der Waals surface area contributed by atoms with Crippen molar-refractivity contribution in [3.63, 3.8) is 0 Å². The molecule has 0 aromatic rings. The maximum absolute atomic E-state index is 12.4. The van der Waals surface area contributed by atoms with E-state index in [-0.39, 0.29) is 18.1 Å². The summed E-state index contributed by atoms with van der Waals surface area (Å²) in [6.07, 6.45) is 2.41. The van der Waals surface area contributed by atoms with E-state index in [1.54, 1.807) is 4.90 Å². The zero-order valence-electron chi connectivity index (χ0n) is 20.0. The van der Waals surface area contributed by atoms with Gasteiger partial charge in [-0.2, -0.15) is 0 Å². The molecule has 0 N–H and O–H groups in total. The molecule has 2 saturated heterocycles. The van der Waals surface area contributed by atoms with Gasteiger partial charge in [0, 0.05) is 19.2 Å². The van der Waals surface area contributed by atoms with Crippen LogP contribution in [0.1, 0.15) is 75.2 Å². The molecule has 0 aromatic heterocycles. The maximum Gasteiger partial charge on any atom is 0.491 e. The molecule has 2 aliphatic heterocycles. The Kier molecular flexibility index (Phi) is 7.35. The fraction of sp³-hybridized carbons (Fsp3) is 0.818. The number of esters is 1. The summed E-state index contributed by atoms with van der Waals surface area (Å²) < 4.78 is 23.3. The number of carbonyl (C=O) groups is 2. The summed E-state index contributed by atoms with van der Waals surface area (Å²) in [6.45, 7) is 18.3. The predicted octanol–water partition coefficient (Wildman–Crippen LogP) is 4.14. The molecule has 0 aromatic carbocycles. The molecule has 0 saturated carbocycles. The van der Waals surface area contributed by atoms with Crippen LogP contribution in [0.15, 0.2) is 11.5 Å². The molecule has 2 heterocycles. The molecule has 0 spiro atoms. The fourth-order valence-corrected chi connectivity index (χ4v) is 3.48. The van der Waals surface area contributed by atoms with Gasteiger partial charge in [0.25, 0.3) is 0 Å². The quantitative estimate of drug-likeness (QED) is 0.384. The highest BCUT2D eigenvalue weighted by atomic mass is 16.7. The van der Waals surface area contributed by atoms with Crippen LogP contribution in [-0.2, 0) is 23.6 Å². The van der Waals surface area contributed by atoms with Crippen LogP contribution in [0.25, 0.3) is 0 Å². The lowest BCUT2D eigenvalue weighted by molar-refractivity contribution is -0.141. The first-order valence-corrected chi connectivity index (χ1v) is 10.9. The molecule has 0 radical (unpaired) electrons. The minimum absolute atomic E-state index is 0.0538. The molecule has 0 bridgehead atoms. The number of rotatable bonds is 4. The average Bonchev–Trinajstić information content (AvgIpc) is 2.78. The SMILES string of the molecule is CC(C)OC(=O)/C=C(/B1OC(C)(C)C(C)(C)O1)C1CCN(C(=O)OC(C)(C)C)CC1. The summed E-state index contributed by atoms with van der Waals surface area (Å²) in [6, 6.07) is 0. The van der Waals surface area contributed by atoms with Crippen molar-refractivity contribution in [1.82, 2.24) is 4.90 Å². The second-order valence-electron chi connectivity index (χ2n) is 10.5. The third-order valence-electron chi connectivity index (χ3n) is 5.78. The Balaban J connectivity index is 2.16. The van der Waals surface area contributed by atoms with Crippen LogP contribution >= 0.6 is 0 Å². The summed E-state index contributed by atoms with van der Waals surface area (Å²) in [5.41, 5.74) is -0.753. The summed E-state index contributed by atoms with van der Waals surface area (Å²) in [4.78, 5) is 26.5. The Bertz CT molecular complexity index is 656. The van der Waals surface area contributed by atoms with Crippen LogP contribution in [0.5, 0.6) is 0 Å². The van der Waals surface area contributed by atoms with Gasteiger partial charge in [0.05, 0.1) is 17.3 Å². The first kappa shape index (κ1) is 24.7. The van der Waals surface area contributed by atoms with Gasteiger partial charge in [0.15, 0.2) is 0 Å². The minimum atomic E-state index is -0.618. The number of ether oxygens (including phenoxy) is 2. The highest BCUT2D eigenvalue weighted by Gasteiger charge is 2.53. The second kappa shape index (κ2) is 8.91. The molecule has 2 fully saturated rings. The van der Waals surface area contributed by atoms with Gasteiger partial charge in [-0.3, -0.25) is 0 Å². The number of amides is 1. The van der Waals surface area contributed by atoms with Crippen molar-refractivity contribution in [2.45, 2.75) is 98.1 Å². The van der Waals surface area contributed by atoms with Gasteiger partial charge in [-0.1, -0.05) is 0 Å². The van der Waals surface area contributed by atoms with E-state index in [1.807, 2.05) is 62.3 Å². The van der Waals surface area contributed by atoms with Crippen molar-refractivity contribution in [3.05, 3.63) is 11.5 Å². The lowest BCUT2D eigenvalue weighted by Crippen LogP contribution is -2.43. The molecule has 2 rings (SSSR count). The Morgan fingerprint density at radius 1 is 1.07 bits per heavy atom. The van der Waals surface area contributed by atoms with Gasteiger partial charge >= 0.3 is 19.2 Å². The molecule has 30 heavy (non-hydrogen) atoms. The summed E-state index contributed by atoms with van der Waals surface area (Å²) >= 11 is 0. The van der Waals surface area contributed by atoms with Crippen LogP contribution in [-0.4, -0.2) is 60.1 Å². The number of likely N-dealkylation sites (tertiary alicyclic amines) is 1. The molecule has 0 atom stereocenters. The van der Waals surface area contributed by atoms with E-state index in [9.17, 15) is 9.59 Å². The van der Waals surface area contributed by atoms with E-state index >= 15 is 0 Å². The third kappa shape index (κ3) is 6.23. The highest BCUT2D eigenvalue weighted by molar-refractivity contribution is 6.55. The molecule has 8 heteroatoms. The van der Waals surface area contributed by atoms with Crippen molar-refractivity contribution in [2.24, 2.45) is 5.92 Å². The smallest absolute Gasteiger partial charge is 0.460 e. The Morgan fingerprint density at radius 3 is 2.00 bits per heavy atom. The number of allylic oxidation sites excluding steroid dienone is 1. The van der Waals surface area contributed by atoms with Crippen LogP contribution < -0.4 is 0 Å². The van der Waals surface area contributed by atoms with Gasteiger partial charge in [0.1, 0.15) is 5.60 Å². The molecule has 7 nitrogen and oxygen atoms in total. The zero-order chi connectivity index (χ0) is 22.9. The number of hydrogen-bond acceptors (Lipinski definition) is 6. The van der Waals surface area contributed by atoms with E-state index < -0.39 is 29.9 Å². The van der Waals surface area contributed by atoms with Crippen LogP contribution in [0.2, 0.25) is 0 Å². The molecule has 0 unspecified atom stereocenters. The highest BCUT2D eigenvalue weighted by Crippen LogP contribution is 2.41. The molecular formula is C22H38BNO6. The summed E-state index contributed by atoms with van der Waals surface area (Å²) in [7, 11) is -0.618. The Labute approximate surface area is 181 Å². The molecule has 2 aliphatic rings. The lowest BCUT2D eigenvalue weighted by atomic mass is 9.67. The fourth-order valence-electron chi connectivity index (χ4n) is 3.48. The van der Waals surface area contributed by atoms with Crippen LogP contribution in [0.4, 0.5) is 4.79 Å². The summed E-state index contributed by atoms with van der Waals surface area (Å²) in [5.74, 6) is -0.345. The molecule has 170 valence electrons. The Hall–Kier alpha value is -1.54. The number of carbonyl (C=O) groups excluding carboxylic acids is 2. The van der Waals surface area contributed by atoms with Gasteiger partial charge in [-0.05, 0) is 86.5 Å². The van der Waals surface area contributed by atoms with Crippen molar-refractivity contribution in [3.8, 4) is 0 Å². The van der Waals surface area contributed by atoms with Crippen LogP contribution in [0, 0.1) is 5.92 Å². The van der Waals surface area contributed by atoms with E-state index in [1.165, 1.54) is 6.08 Å². The minimum Gasteiger partial charge on any atom is -0.460 e. The van der Waals surface area contributed by atoms with Crippen LogP contribution in [0.3, 0.4) is 0 Å². The van der Waals surface area contributed by atoms with Gasteiger partial charge in [-0.15, -0.1) is 0 Å². The van der Waals surface area contributed by atoms with Crippen molar-refractivity contribution >= 4 is 19.2 Å². The van der Waals surface area contributed by atoms with Crippen molar-refractivity contribution in [2.75, 3.05) is 13.1 Å². The van der Waals surface area contributed by atoms with Gasteiger partial charge in [0.2, 0.25) is 0 Å². The monoisotopic (exact) mass is 423 g/mol. The van der Waals surface area contributed by atoms with Gasteiger partial charge < -0.3 is 23.7 Å². The first-order valence-electron chi connectivity index (χ1n) is 10.9. The van der Waals surface area contributed by atoms with Crippen molar-refractivity contribution < 1.29 is 28.4 Å². The van der Waals surface area contributed by atoms with E-state index in [4.69, 9.17) is 18.8 Å². The predicted molar refractivity (Wildman–Crippen MR) is 116 cm³/mol. The zero-order valence-corrected chi connectivity index (χ0v) is 20.0. The number of hydrogen-bond donors (Lipinski definition) is 0. The summed E-state index contributed by atoms with van der Waals surface area (Å²) in [5, 5.41) is 0. The molecule has 1 amide bonds. The van der Waals surface area contributed by atoms with E-state index in [0.717, 1.165) is 5.47 Å². The lowest BCUT2D eigenvalue weighted by Gasteiger charge is -2.34. The standard InChI is InChI=1S/C22H38BNO6/c1-15(2)27-18(25)14-17(23-29-21(6,7)22(8,9)30-23)16-10-12-24(13-11-16)19(26)28-20(3,4)5/h14-16H,10-13H2,1-9H3/b17-14+. The number of nitrogens with zero attached hydrogens (tertiary/aromatic N) is 1. The maximum atomic E-state index is 12.4. The number of piperidine rings is 1. The second-order valence-corrected chi connectivity index (χ2v) is 10.5. The average molecular weight is 423 g/mol. The molecular weight excluding hydrogens is 385 g/mol. The normalized spacial score (nSPS) is 22.4. The van der Waals surface area contributed by atoms with Gasteiger partial charge in [-0.25, -0.2) is 9.59 Å². The topological polar surface area (TPSA) is 74.3 Å². The van der Waals surface area contributed by atoms with E-state index in [2.05, 4.69) is 0 Å². The Morgan fingerprint density at radius 2 is 1.57 bits per heavy atom. The third-order valence-corrected chi connectivity index (χ3v) is 5.78. The largest absolute Gasteiger partial charge is 0.491 e. The first-order chi connectivity index (χ1) is 13.6. The van der Waals surface area contributed by atoms with Crippen molar-refractivity contribution in [1.29, 1.82) is 0 Å². The molecule has 0 aliphatic carbocycles.